The minimum absolute atomic E-state index is 0.105. The first kappa shape index (κ1) is 28.2. The Hall–Kier alpha value is -2.77. The number of carbonyl (C=O) groups excluding carboxylic acids is 3. The Kier molecular flexibility index (Phi) is 12.3. The van der Waals surface area contributed by atoms with Crippen LogP contribution < -0.4 is 21.7 Å². The summed E-state index contributed by atoms with van der Waals surface area (Å²) in [7, 11) is 0. The van der Waals surface area contributed by atoms with Crippen molar-refractivity contribution in [2.45, 2.75) is 70.3 Å². The molecule has 0 spiro atoms. The predicted molar refractivity (Wildman–Crippen MR) is 106 cm³/mol. The number of aliphatic hydroxyl groups is 2. The molecule has 5 unspecified atom stereocenters. The molecule has 0 aliphatic rings. The van der Waals surface area contributed by atoms with Crippen molar-refractivity contribution < 1.29 is 44.4 Å². The molecule has 0 fully saturated rings. The highest BCUT2D eigenvalue weighted by molar-refractivity contribution is 5.94. The largest absolute Gasteiger partial charge is 0.481 e. The maximum absolute atomic E-state index is 12.4. The van der Waals surface area contributed by atoms with Gasteiger partial charge in [-0.2, -0.15) is 0 Å². The summed E-state index contributed by atoms with van der Waals surface area (Å²) in [5, 5.41) is 43.5. The van der Waals surface area contributed by atoms with Gasteiger partial charge in [0.2, 0.25) is 17.7 Å². The van der Waals surface area contributed by atoms with Crippen molar-refractivity contribution in [3.8, 4) is 0 Å². The van der Waals surface area contributed by atoms with Crippen LogP contribution in [0.25, 0.3) is 0 Å². The molecule has 178 valence electrons. The number of aliphatic carboxylic acids is 2. The standard InChI is InChI=1S/C18H32N4O9/c1-8(2)6-10(19)15(27)21-12(7-23)16(28)22-14(9(3)24)17(29)20-11(18(30)31)4-5-13(25)26/h8-12,14,23-24H,4-7,19H2,1-3H3,(H,20,29)(H,21,27)(H,22,28)(H,25,26)(H,30,31). The molecule has 0 aliphatic carbocycles. The number of hydrogen-bond acceptors (Lipinski definition) is 8. The zero-order chi connectivity index (χ0) is 24.3. The molecule has 0 aliphatic heterocycles. The Labute approximate surface area is 179 Å². The number of aliphatic hydroxyl groups excluding tert-OH is 2. The van der Waals surface area contributed by atoms with Gasteiger partial charge in [-0.3, -0.25) is 19.2 Å². The lowest BCUT2D eigenvalue weighted by atomic mass is 10.0. The van der Waals surface area contributed by atoms with E-state index in [0.29, 0.717) is 6.42 Å². The molecular formula is C18H32N4O9. The van der Waals surface area contributed by atoms with Gasteiger partial charge in [0.25, 0.3) is 0 Å². The van der Waals surface area contributed by atoms with E-state index in [2.05, 4.69) is 10.6 Å². The summed E-state index contributed by atoms with van der Waals surface area (Å²) in [6.07, 6.45) is -2.09. The van der Waals surface area contributed by atoms with E-state index in [1.54, 1.807) is 0 Å². The van der Waals surface area contributed by atoms with Crippen LogP contribution in [0.15, 0.2) is 0 Å². The van der Waals surface area contributed by atoms with E-state index in [1.807, 2.05) is 19.2 Å². The van der Waals surface area contributed by atoms with Gasteiger partial charge in [-0.25, -0.2) is 4.79 Å². The number of hydrogen-bond donors (Lipinski definition) is 8. The summed E-state index contributed by atoms with van der Waals surface area (Å²) in [4.78, 5) is 58.7. The van der Waals surface area contributed by atoms with Crippen molar-refractivity contribution in [1.29, 1.82) is 0 Å². The zero-order valence-corrected chi connectivity index (χ0v) is 17.7. The van der Waals surface area contributed by atoms with Crippen molar-refractivity contribution in [2.24, 2.45) is 11.7 Å². The van der Waals surface area contributed by atoms with Gasteiger partial charge in [-0.1, -0.05) is 13.8 Å². The molecule has 0 radical (unpaired) electrons. The summed E-state index contributed by atoms with van der Waals surface area (Å²) in [6.45, 7) is 4.02. The van der Waals surface area contributed by atoms with Crippen LogP contribution in [0, 0.1) is 5.92 Å². The summed E-state index contributed by atoms with van der Waals surface area (Å²) < 4.78 is 0. The second kappa shape index (κ2) is 13.5. The van der Waals surface area contributed by atoms with Crippen molar-refractivity contribution >= 4 is 29.7 Å². The van der Waals surface area contributed by atoms with Crippen LogP contribution in [0.1, 0.15) is 40.0 Å². The van der Waals surface area contributed by atoms with Crippen LogP contribution in [0.2, 0.25) is 0 Å². The van der Waals surface area contributed by atoms with Crippen molar-refractivity contribution in [1.82, 2.24) is 16.0 Å². The summed E-state index contributed by atoms with van der Waals surface area (Å²) in [5.74, 6) is -5.44. The first-order valence-electron chi connectivity index (χ1n) is 9.70. The first-order valence-corrected chi connectivity index (χ1v) is 9.70. The molecule has 3 amide bonds. The molecule has 0 aromatic heterocycles. The average molecular weight is 448 g/mol. The smallest absolute Gasteiger partial charge is 0.326 e. The molecule has 5 atom stereocenters. The van der Waals surface area contributed by atoms with Crippen molar-refractivity contribution in [3.63, 3.8) is 0 Å². The number of carbonyl (C=O) groups is 5. The highest BCUT2D eigenvalue weighted by Crippen LogP contribution is 2.04. The molecule has 0 saturated carbocycles. The van der Waals surface area contributed by atoms with Crippen LogP contribution in [0.5, 0.6) is 0 Å². The normalized spacial score (nSPS) is 15.8. The lowest BCUT2D eigenvalue weighted by Crippen LogP contribution is -2.60. The van der Waals surface area contributed by atoms with Gasteiger partial charge in [0.1, 0.15) is 18.1 Å². The molecule has 0 aromatic rings. The molecule has 9 N–H and O–H groups in total. The van der Waals surface area contributed by atoms with Crippen LogP contribution >= 0.6 is 0 Å². The maximum Gasteiger partial charge on any atom is 0.326 e. The Balaban J connectivity index is 5.17. The molecule has 0 heterocycles. The summed E-state index contributed by atoms with van der Waals surface area (Å²) in [6, 6.07) is -5.59. The van der Waals surface area contributed by atoms with Crippen molar-refractivity contribution in [2.75, 3.05) is 6.61 Å². The quantitative estimate of drug-likeness (QED) is 0.135. The van der Waals surface area contributed by atoms with Gasteiger partial charge in [0.05, 0.1) is 18.8 Å². The number of rotatable bonds is 14. The second-order valence-corrected chi connectivity index (χ2v) is 7.54. The number of carboxylic acids is 2. The monoisotopic (exact) mass is 448 g/mol. The highest BCUT2D eigenvalue weighted by atomic mass is 16.4. The highest BCUT2D eigenvalue weighted by Gasteiger charge is 2.32. The summed E-state index contributed by atoms with van der Waals surface area (Å²) in [5.41, 5.74) is 5.73. The molecule has 13 nitrogen and oxygen atoms in total. The molecule has 0 rings (SSSR count). The fourth-order valence-electron chi connectivity index (χ4n) is 2.53. The summed E-state index contributed by atoms with van der Waals surface area (Å²) >= 11 is 0. The van der Waals surface area contributed by atoms with Gasteiger partial charge in [-0.15, -0.1) is 0 Å². The van der Waals surface area contributed by atoms with E-state index in [4.69, 9.17) is 15.9 Å². The number of amides is 3. The molecule has 0 saturated heterocycles. The molecule has 31 heavy (non-hydrogen) atoms. The topological polar surface area (TPSA) is 228 Å². The average Bonchev–Trinajstić information content (AvgIpc) is 2.65. The zero-order valence-electron chi connectivity index (χ0n) is 17.7. The first-order chi connectivity index (χ1) is 14.3. The third-order valence-corrected chi connectivity index (χ3v) is 4.20. The third-order valence-electron chi connectivity index (χ3n) is 4.20. The van der Waals surface area contributed by atoms with Gasteiger partial charge < -0.3 is 42.1 Å². The fraction of sp³-hybridized carbons (Fsp3) is 0.722. The van der Waals surface area contributed by atoms with Gasteiger partial charge in [-0.05, 0) is 25.7 Å². The Bertz CT molecular complexity index is 654. The number of nitrogens with two attached hydrogens (primary N) is 1. The van der Waals surface area contributed by atoms with E-state index in [9.17, 15) is 34.2 Å². The second-order valence-electron chi connectivity index (χ2n) is 7.54. The van der Waals surface area contributed by atoms with Crippen LogP contribution in [-0.4, -0.2) is 87.0 Å². The molecular weight excluding hydrogens is 416 g/mol. The van der Waals surface area contributed by atoms with E-state index in [-0.39, 0.29) is 5.92 Å². The maximum atomic E-state index is 12.4. The van der Waals surface area contributed by atoms with Crippen LogP contribution in [-0.2, 0) is 24.0 Å². The number of carboxylic acid groups (broad SMARTS) is 2. The van der Waals surface area contributed by atoms with Gasteiger partial charge in [0.15, 0.2) is 0 Å². The SMILES string of the molecule is CC(C)CC(N)C(=O)NC(CO)C(=O)NC(C(=O)NC(CCC(=O)O)C(=O)O)C(C)O. The van der Waals surface area contributed by atoms with E-state index < -0.39 is 79.4 Å². The van der Waals surface area contributed by atoms with Gasteiger partial charge in [0, 0.05) is 6.42 Å². The molecule has 0 aromatic carbocycles. The Morgan fingerprint density at radius 3 is 1.84 bits per heavy atom. The Morgan fingerprint density at radius 2 is 1.42 bits per heavy atom. The van der Waals surface area contributed by atoms with E-state index in [0.717, 1.165) is 6.92 Å². The van der Waals surface area contributed by atoms with E-state index >= 15 is 0 Å². The van der Waals surface area contributed by atoms with Crippen LogP contribution in [0.3, 0.4) is 0 Å². The van der Waals surface area contributed by atoms with Gasteiger partial charge >= 0.3 is 11.9 Å². The minimum Gasteiger partial charge on any atom is -0.481 e. The van der Waals surface area contributed by atoms with E-state index in [1.165, 1.54) is 0 Å². The van der Waals surface area contributed by atoms with Crippen molar-refractivity contribution in [3.05, 3.63) is 0 Å². The van der Waals surface area contributed by atoms with Crippen LogP contribution in [0.4, 0.5) is 0 Å². The predicted octanol–water partition coefficient (Wildman–Crippen LogP) is -2.86. The fourth-order valence-corrected chi connectivity index (χ4v) is 2.53. The Morgan fingerprint density at radius 1 is 0.871 bits per heavy atom. The lowest BCUT2D eigenvalue weighted by molar-refractivity contribution is -0.144. The minimum atomic E-state index is -1.63. The third kappa shape index (κ3) is 10.7. The number of nitrogens with one attached hydrogen (secondary N) is 3. The lowest BCUT2D eigenvalue weighted by Gasteiger charge is -2.26. The molecule has 0 bridgehead atoms. The molecule has 13 heteroatoms.